The van der Waals surface area contributed by atoms with Gasteiger partial charge in [0.15, 0.2) is 0 Å². The summed E-state index contributed by atoms with van der Waals surface area (Å²) in [5, 5.41) is 10.1. The van der Waals surface area contributed by atoms with Gasteiger partial charge in [-0.05, 0) is 24.1 Å². The van der Waals surface area contributed by atoms with Gasteiger partial charge in [0.05, 0.1) is 0 Å². The van der Waals surface area contributed by atoms with Gasteiger partial charge in [0.25, 0.3) is 0 Å². The molecular weight excluding hydrogens is 116 g/mol. The van der Waals surface area contributed by atoms with Crippen LogP contribution in [0, 0.1) is 11.3 Å². The van der Waals surface area contributed by atoms with Crippen molar-refractivity contribution in [3.05, 3.63) is 10.4 Å². The first-order valence-corrected chi connectivity index (χ1v) is 2.81. The molecule has 0 saturated heterocycles. The predicted octanol–water partition coefficient (Wildman–Crippen LogP) is 1.97. The van der Waals surface area contributed by atoms with Crippen molar-refractivity contribution in [3.8, 4) is 0 Å². The molecule has 0 amide bonds. The Hall–Kier alpha value is -1.02. The maximum atomic E-state index is 7.88. The molecule has 0 heterocycles. The Morgan fingerprint density at radius 2 is 2.56 bits per heavy atom. The first-order valence-electron chi connectivity index (χ1n) is 2.81. The van der Waals surface area contributed by atoms with Crippen LogP contribution in [-0.2, 0) is 0 Å². The van der Waals surface area contributed by atoms with Crippen LogP contribution in [-0.4, -0.2) is 12.8 Å². The molecule has 0 aliphatic heterocycles. The highest BCUT2D eigenvalue weighted by molar-refractivity contribution is 5.53. The first kappa shape index (κ1) is 7.98. The largest absolute Gasteiger partial charge is 0.313 e. The molecule has 0 spiro atoms. The fourth-order valence-electron chi connectivity index (χ4n) is 0.452. The van der Waals surface area contributed by atoms with E-state index in [1.54, 1.807) is 0 Å². The van der Waals surface area contributed by atoms with Crippen molar-refractivity contribution in [3.63, 3.8) is 0 Å². The van der Waals surface area contributed by atoms with Crippen LogP contribution in [0.3, 0.4) is 0 Å². The quantitative estimate of drug-likeness (QED) is 0.259. The maximum absolute atomic E-state index is 7.88. The second-order valence-electron chi connectivity index (χ2n) is 1.96. The summed E-state index contributed by atoms with van der Waals surface area (Å²) in [6, 6.07) is 0. The van der Waals surface area contributed by atoms with Gasteiger partial charge in [-0.2, -0.15) is 0 Å². The van der Waals surface area contributed by atoms with Crippen LogP contribution >= 0.6 is 0 Å². The van der Waals surface area contributed by atoms with Gasteiger partial charge < -0.3 is 5.41 Å². The van der Waals surface area contributed by atoms with E-state index in [9.17, 15) is 0 Å². The van der Waals surface area contributed by atoms with Gasteiger partial charge >= 0.3 is 0 Å². The van der Waals surface area contributed by atoms with E-state index < -0.39 is 0 Å². The Morgan fingerprint density at radius 1 is 1.89 bits per heavy atom. The van der Waals surface area contributed by atoms with Crippen molar-refractivity contribution in [2.24, 2.45) is 11.0 Å². The summed E-state index contributed by atoms with van der Waals surface area (Å²) in [6.07, 6.45) is 2.02. The Labute approximate surface area is 54.0 Å². The molecule has 1 N–H and O–H groups in total. The highest BCUT2D eigenvalue weighted by Gasteiger charge is 1.94. The zero-order valence-electron chi connectivity index (χ0n) is 5.41. The molecule has 0 fully saturated rings. The van der Waals surface area contributed by atoms with Crippen LogP contribution in [0.25, 0.3) is 10.4 Å². The summed E-state index contributed by atoms with van der Waals surface area (Å²) in [4.78, 5) is 2.61. The molecule has 0 aromatic heterocycles. The number of rotatable bonds is 4. The molecule has 4 nitrogen and oxygen atoms in total. The molecular formula is C5H10N4. The Kier molecular flexibility index (Phi) is 4.54. The van der Waals surface area contributed by atoms with Crippen LogP contribution in [0.5, 0.6) is 0 Å². The van der Waals surface area contributed by atoms with E-state index >= 15 is 0 Å². The number of nitrogens with zero attached hydrogens (tertiary/aromatic N) is 3. The minimum atomic E-state index is 0.304. The molecule has 4 heteroatoms. The van der Waals surface area contributed by atoms with Gasteiger partial charge in [0.1, 0.15) is 0 Å². The zero-order chi connectivity index (χ0) is 7.11. The van der Waals surface area contributed by atoms with Gasteiger partial charge in [-0.3, -0.25) is 0 Å². The average Bonchev–Trinajstić information content (AvgIpc) is 1.85. The van der Waals surface area contributed by atoms with E-state index in [-0.39, 0.29) is 0 Å². The smallest absolute Gasteiger partial charge is 0.0287 e. The van der Waals surface area contributed by atoms with E-state index in [1.807, 2.05) is 6.92 Å². The highest BCUT2D eigenvalue weighted by Crippen LogP contribution is 1.98. The molecule has 1 atom stereocenters. The lowest BCUT2D eigenvalue weighted by Crippen LogP contribution is -1.97. The highest BCUT2D eigenvalue weighted by atomic mass is 15.1. The minimum Gasteiger partial charge on any atom is -0.313 e. The lowest BCUT2D eigenvalue weighted by atomic mass is 10.1. The van der Waals surface area contributed by atoms with Gasteiger partial charge in [0, 0.05) is 11.5 Å². The van der Waals surface area contributed by atoms with Crippen molar-refractivity contribution >= 4 is 6.21 Å². The molecule has 1 unspecified atom stereocenters. The van der Waals surface area contributed by atoms with Crippen LogP contribution in [0.1, 0.15) is 13.3 Å². The molecule has 0 bridgehead atoms. The summed E-state index contributed by atoms with van der Waals surface area (Å²) in [5.41, 5.74) is 7.88. The van der Waals surface area contributed by atoms with Crippen molar-refractivity contribution < 1.29 is 0 Å². The summed E-state index contributed by atoms with van der Waals surface area (Å²) in [6.45, 7) is 2.44. The van der Waals surface area contributed by atoms with Gasteiger partial charge in [0.2, 0.25) is 0 Å². The van der Waals surface area contributed by atoms with Crippen molar-refractivity contribution in [2.45, 2.75) is 13.3 Å². The molecule has 50 valence electrons. The lowest BCUT2D eigenvalue weighted by Gasteiger charge is -1.99. The third-order valence-corrected chi connectivity index (χ3v) is 0.977. The van der Waals surface area contributed by atoms with Crippen molar-refractivity contribution in [1.82, 2.24) is 0 Å². The van der Waals surface area contributed by atoms with E-state index in [4.69, 9.17) is 10.9 Å². The molecule has 0 saturated carbocycles. The minimum absolute atomic E-state index is 0.304. The molecule has 0 aromatic carbocycles. The number of nitrogens with one attached hydrogen (secondary N) is 1. The number of azide groups is 1. The van der Waals surface area contributed by atoms with Crippen LogP contribution in [0.4, 0.5) is 0 Å². The van der Waals surface area contributed by atoms with E-state index in [1.165, 1.54) is 6.21 Å². The molecule has 0 aliphatic rings. The molecule has 0 aliphatic carbocycles. The van der Waals surface area contributed by atoms with E-state index in [0.717, 1.165) is 0 Å². The van der Waals surface area contributed by atoms with E-state index in [2.05, 4.69) is 10.0 Å². The topological polar surface area (TPSA) is 72.6 Å². The maximum Gasteiger partial charge on any atom is 0.0287 e. The third-order valence-electron chi connectivity index (χ3n) is 0.977. The van der Waals surface area contributed by atoms with Crippen molar-refractivity contribution in [2.75, 3.05) is 6.54 Å². The SMILES string of the molecule is CC(CC=N)CN=[N+]=[N-]. The standard InChI is InChI=1S/C5H10N4/c1-5(2-3-6)4-8-9-7/h3,5-6H,2,4H2,1H3. The summed E-state index contributed by atoms with van der Waals surface area (Å²) in [7, 11) is 0. The molecule has 0 radical (unpaired) electrons. The van der Waals surface area contributed by atoms with Gasteiger partial charge in [-0.15, -0.1) is 0 Å². The summed E-state index contributed by atoms with van der Waals surface area (Å²) < 4.78 is 0. The first-order chi connectivity index (χ1) is 4.31. The second-order valence-corrected chi connectivity index (χ2v) is 1.96. The number of hydrogen-bond acceptors (Lipinski definition) is 2. The monoisotopic (exact) mass is 126 g/mol. The number of hydrogen-bond donors (Lipinski definition) is 1. The normalized spacial score (nSPS) is 11.7. The summed E-state index contributed by atoms with van der Waals surface area (Å²) >= 11 is 0. The fraction of sp³-hybridized carbons (Fsp3) is 0.800. The second kappa shape index (κ2) is 5.12. The molecule has 0 rings (SSSR count). The van der Waals surface area contributed by atoms with Gasteiger partial charge in [-0.25, -0.2) is 0 Å². The van der Waals surface area contributed by atoms with Crippen molar-refractivity contribution in [1.29, 1.82) is 5.41 Å². The molecule has 9 heavy (non-hydrogen) atoms. The van der Waals surface area contributed by atoms with Crippen LogP contribution in [0.2, 0.25) is 0 Å². The Bertz CT molecular complexity index is 125. The average molecular weight is 126 g/mol. The Morgan fingerprint density at radius 3 is 3.00 bits per heavy atom. The van der Waals surface area contributed by atoms with Crippen LogP contribution < -0.4 is 0 Å². The van der Waals surface area contributed by atoms with E-state index in [0.29, 0.717) is 18.9 Å². The fourth-order valence-corrected chi connectivity index (χ4v) is 0.452. The lowest BCUT2D eigenvalue weighted by molar-refractivity contribution is 0.624. The van der Waals surface area contributed by atoms with Crippen LogP contribution in [0.15, 0.2) is 5.11 Å². The predicted molar refractivity (Wildman–Crippen MR) is 36.6 cm³/mol. The zero-order valence-corrected chi connectivity index (χ0v) is 5.41. The Balaban J connectivity index is 3.36. The third kappa shape index (κ3) is 4.84. The summed E-state index contributed by atoms with van der Waals surface area (Å²) in [5.74, 6) is 0.304. The molecule has 0 aromatic rings. The van der Waals surface area contributed by atoms with Gasteiger partial charge in [-0.1, -0.05) is 12.0 Å².